The fourth-order valence-corrected chi connectivity index (χ4v) is 4.86. The number of carbonyl (C=O) groups excluding carboxylic acids is 2. The summed E-state index contributed by atoms with van der Waals surface area (Å²) >= 11 is 0. The number of methoxy groups -OCH3 is 1. The minimum atomic E-state index is -0.487. The van der Waals surface area contributed by atoms with E-state index < -0.39 is 16.7 Å². The molecule has 2 aliphatic rings. The monoisotopic (exact) mass is 449 g/mol. The van der Waals surface area contributed by atoms with Crippen LogP contribution in [-0.4, -0.2) is 41.8 Å². The van der Waals surface area contributed by atoms with Crippen molar-refractivity contribution in [2.75, 3.05) is 25.1 Å². The number of ether oxygens (including phenoxy) is 1. The second-order valence-corrected chi connectivity index (χ2v) is 9.00. The summed E-state index contributed by atoms with van der Waals surface area (Å²) in [6.45, 7) is 7.48. The van der Waals surface area contributed by atoms with Gasteiger partial charge in [-0.3, -0.25) is 19.7 Å². The van der Waals surface area contributed by atoms with Gasteiger partial charge >= 0.3 is 0 Å². The molecule has 0 saturated carbocycles. The quantitative estimate of drug-likeness (QED) is 0.386. The zero-order valence-electron chi connectivity index (χ0n) is 19.2. The number of carbonyl (C=O) groups is 2. The predicted octanol–water partition coefficient (Wildman–Crippen LogP) is 4.17. The first-order valence-electron chi connectivity index (χ1n) is 11.0. The molecule has 4 rings (SSSR count). The van der Waals surface area contributed by atoms with Gasteiger partial charge in [0.2, 0.25) is 0 Å². The normalized spacial score (nSPS) is 21.1. The van der Waals surface area contributed by atoms with Crippen LogP contribution in [0.3, 0.4) is 0 Å². The van der Waals surface area contributed by atoms with E-state index in [0.717, 1.165) is 12.0 Å². The lowest BCUT2D eigenvalue weighted by atomic mass is 9.91. The van der Waals surface area contributed by atoms with Crippen molar-refractivity contribution in [3.05, 3.63) is 69.4 Å². The zero-order chi connectivity index (χ0) is 23.9. The Bertz CT molecular complexity index is 1150. The molecule has 2 heterocycles. The van der Waals surface area contributed by atoms with Crippen molar-refractivity contribution >= 4 is 28.8 Å². The number of aryl methyl sites for hydroxylation is 1. The van der Waals surface area contributed by atoms with E-state index in [2.05, 4.69) is 13.8 Å². The van der Waals surface area contributed by atoms with Gasteiger partial charge in [-0.15, -0.1) is 0 Å². The van der Waals surface area contributed by atoms with Crippen LogP contribution in [0.5, 0.6) is 5.75 Å². The molecule has 2 unspecified atom stereocenters. The molecule has 0 aliphatic carbocycles. The Labute approximate surface area is 192 Å². The van der Waals surface area contributed by atoms with E-state index in [1.54, 1.807) is 12.1 Å². The minimum Gasteiger partial charge on any atom is -0.495 e. The summed E-state index contributed by atoms with van der Waals surface area (Å²) in [5.74, 6) is 0.291. The van der Waals surface area contributed by atoms with Crippen LogP contribution >= 0.6 is 0 Å². The number of amides is 2. The molecule has 172 valence electrons. The molecule has 2 amide bonds. The fraction of sp³-hybridized carbons (Fsp3) is 0.360. The SMILES string of the molecule is COc1ccc(C)cc1N1C(=O)C(c2ccc([N+](=O)[O-])cc2)=C(N2CC(C)CC(C)C2)C1=O. The van der Waals surface area contributed by atoms with Crippen LogP contribution < -0.4 is 9.64 Å². The number of likely N-dealkylation sites (tertiary alicyclic amines) is 1. The number of piperidine rings is 1. The zero-order valence-corrected chi connectivity index (χ0v) is 19.2. The molecule has 0 radical (unpaired) electrons. The van der Waals surface area contributed by atoms with E-state index in [9.17, 15) is 19.7 Å². The van der Waals surface area contributed by atoms with Crippen LogP contribution in [0, 0.1) is 28.9 Å². The Hall–Kier alpha value is -3.68. The maximum atomic E-state index is 13.8. The number of imide groups is 1. The van der Waals surface area contributed by atoms with E-state index in [-0.39, 0.29) is 11.3 Å². The fourth-order valence-electron chi connectivity index (χ4n) is 4.86. The maximum absolute atomic E-state index is 13.8. The smallest absolute Gasteiger partial charge is 0.282 e. The summed E-state index contributed by atoms with van der Waals surface area (Å²) in [5.41, 5.74) is 2.29. The summed E-state index contributed by atoms with van der Waals surface area (Å²) < 4.78 is 5.45. The molecule has 8 heteroatoms. The first-order chi connectivity index (χ1) is 15.7. The Morgan fingerprint density at radius 2 is 1.64 bits per heavy atom. The van der Waals surface area contributed by atoms with Gasteiger partial charge < -0.3 is 9.64 Å². The van der Waals surface area contributed by atoms with Crippen LogP contribution in [0.1, 0.15) is 31.4 Å². The second-order valence-electron chi connectivity index (χ2n) is 9.00. The summed E-state index contributed by atoms with van der Waals surface area (Å²) in [4.78, 5) is 41.4. The maximum Gasteiger partial charge on any atom is 0.282 e. The molecular weight excluding hydrogens is 422 g/mol. The predicted molar refractivity (Wildman–Crippen MR) is 125 cm³/mol. The number of nitro benzene ring substituents is 1. The van der Waals surface area contributed by atoms with Gasteiger partial charge in [0.05, 0.1) is 23.3 Å². The summed E-state index contributed by atoms with van der Waals surface area (Å²) in [6.07, 6.45) is 1.05. The molecule has 2 aromatic carbocycles. The molecule has 0 spiro atoms. The first kappa shape index (κ1) is 22.5. The van der Waals surface area contributed by atoms with Gasteiger partial charge in [0.1, 0.15) is 11.4 Å². The van der Waals surface area contributed by atoms with Crippen LogP contribution in [0.4, 0.5) is 11.4 Å². The third-order valence-electron chi connectivity index (χ3n) is 6.19. The van der Waals surface area contributed by atoms with Crippen LogP contribution in [0.15, 0.2) is 48.2 Å². The second kappa shape index (κ2) is 8.69. The number of nitrogens with zero attached hydrogens (tertiary/aromatic N) is 3. The highest BCUT2D eigenvalue weighted by Gasteiger charge is 2.44. The van der Waals surface area contributed by atoms with Crippen LogP contribution in [-0.2, 0) is 9.59 Å². The number of benzene rings is 2. The molecule has 2 aromatic rings. The molecule has 2 atom stereocenters. The molecule has 0 bridgehead atoms. The average Bonchev–Trinajstić information content (AvgIpc) is 3.03. The Morgan fingerprint density at radius 1 is 1.00 bits per heavy atom. The summed E-state index contributed by atoms with van der Waals surface area (Å²) in [5, 5.41) is 11.1. The van der Waals surface area contributed by atoms with Crippen LogP contribution in [0.25, 0.3) is 5.57 Å². The van der Waals surface area contributed by atoms with Gasteiger partial charge in [-0.1, -0.05) is 19.9 Å². The lowest BCUT2D eigenvalue weighted by Gasteiger charge is -2.37. The molecular formula is C25H27N3O5. The van der Waals surface area contributed by atoms with Crippen molar-refractivity contribution in [1.82, 2.24) is 4.90 Å². The molecule has 1 fully saturated rings. The van der Waals surface area contributed by atoms with Crippen molar-refractivity contribution in [2.45, 2.75) is 27.2 Å². The summed E-state index contributed by atoms with van der Waals surface area (Å²) in [6, 6.07) is 11.1. The number of anilines is 1. The van der Waals surface area contributed by atoms with Crippen molar-refractivity contribution in [2.24, 2.45) is 11.8 Å². The lowest BCUT2D eigenvalue weighted by Crippen LogP contribution is -2.42. The van der Waals surface area contributed by atoms with Crippen molar-refractivity contribution in [3.63, 3.8) is 0 Å². The highest BCUT2D eigenvalue weighted by Crippen LogP contribution is 2.40. The lowest BCUT2D eigenvalue weighted by molar-refractivity contribution is -0.384. The molecule has 1 saturated heterocycles. The number of rotatable bonds is 5. The van der Waals surface area contributed by atoms with Gasteiger partial charge in [-0.05, 0) is 60.6 Å². The Kier molecular flexibility index (Phi) is 5.93. The number of non-ortho nitro benzene ring substituents is 1. The van der Waals surface area contributed by atoms with Crippen molar-refractivity contribution in [3.8, 4) is 5.75 Å². The van der Waals surface area contributed by atoms with E-state index in [1.807, 2.05) is 17.9 Å². The number of nitro groups is 1. The highest BCUT2D eigenvalue weighted by atomic mass is 16.6. The van der Waals surface area contributed by atoms with Gasteiger partial charge in [0.25, 0.3) is 17.5 Å². The number of hydrogen-bond donors (Lipinski definition) is 0. The molecule has 2 aliphatic heterocycles. The molecule has 33 heavy (non-hydrogen) atoms. The van der Waals surface area contributed by atoms with Gasteiger partial charge in [-0.2, -0.15) is 0 Å². The highest BCUT2D eigenvalue weighted by molar-refractivity contribution is 6.45. The number of hydrogen-bond acceptors (Lipinski definition) is 6. The van der Waals surface area contributed by atoms with Gasteiger partial charge in [-0.25, -0.2) is 4.90 Å². The van der Waals surface area contributed by atoms with Gasteiger partial charge in [0.15, 0.2) is 0 Å². The van der Waals surface area contributed by atoms with Crippen molar-refractivity contribution < 1.29 is 19.2 Å². The molecule has 8 nitrogen and oxygen atoms in total. The van der Waals surface area contributed by atoms with Crippen molar-refractivity contribution in [1.29, 1.82) is 0 Å². The Morgan fingerprint density at radius 3 is 2.21 bits per heavy atom. The molecule has 0 N–H and O–H groups in total. The third-order valence-corrected chi connectivity index (χ3v) is 6.19. The largest absolute Gasteiger partial charge is 0.495 e. The summed E-state index contributed by atoms with van der Waals surface area (Å²) in [7, 11) is 1.50. The third kappa shape index (κ3) is 4.08. The average molecular weight is 450 g/mol. The van der Waals surface area contributed by atoms with Crippen LogP contribution in [0.2, 0.25) is 0 Å². The van der Waals surface area contributed by atoms with E-state index in [4.69, 9.17) is 4.74 Å². The van der Waals surface area contributed by atoms with E-state index in [0.29, 0.717) is 47.6 Å². The topological polar surface area (TPSA) is 93.0 Å². The standard InChI is InChI=1S/C25H27N3O5/c1-15-5-10-21(33-4)20(12-15)27-24(29)22(18-6-8-19(9-7-18)28(31)32)23(25(27)30)26-13-16(2)11-17(3)14-26/h5-10,12,16-17H,11,13-14H2,1-4H3. The Balaban J connectivity index is 1.86. The van der Waals surface area contributed by atoms with E-state index in [1.165, 1.54) is 36.3 Å². The van der Waals surface area contributed by atoms with Gasteiger partial charge in [0, 0.05) is 25.2 Å². The first-order valence-corrected chi connectivity index (χ1v) is 11.0. The van der Waals surface area contributed by atoms with E-state index >= 15 is 0 Å². The minimum absolute atomic E-state index is 0.0740. The molecule has 0 aromatic heterocycles.